The van der Waals surface area contributed by atoms with E-state index in [-0.39, 0.29) is 0 Å². The van der Waals surface area contributed by atoms with Gasteiger partial charge in [0.05, 0.1) is 5.69 Å². The maximum absolute atomic E-state index is 5.83. The van der Waals surface area contributed by atoms with E-state index in [9.17, 15) is 0 Å². The second-order valence-corrected chi connectivity index (χ2v) is 5.08. The van der Waals surface area contributed by atoms with Gasteiger partial charge in [0, 0.05) is 4.47 Å². The number of nitrogens with two attached hydrogens (primary N) is 1. The molecule has 2 N–H and O–H groups in total. The molecule has 1 aromatic carbocycles. The molecule has 16 heavy (non-hydrogen) atoms. The molecule has 0 aliphatic carbocycles. The number of para-hydroxylation sites is 1. The van der Waals surface area contributed by atoms with Gasteiger partial charge < -0.3 is 10.2 Å². The van der Waals surface area contributed by atoms with E-state index in [4.69, 9.17) is 10.2 Å². The molecule has 80 valence electrons. The third kappa shape index (κ3) is 1.44. The van der Waals surface area contributed by atoms with Crippen LogP contribution in [0.15, 0.2) is 38.5 Å². The Bertz CT molecular complexity index is 659. The smallest absolute Gasteiger partial charge is 0.238 e. The second-order valence-electron chi connectivity index (χ2n) is 3.31. The van der Waals surface area contributed by atoms with E-state index in [1.165, 1.54) is 0 Å². The number of nitrogens with zero attached hydrogens (tertiary/aromatic N) is 1. The van der Waals surface area contributed by atoms with Crippen molar-refractivity contribution < 1.29 is 4.42 Å². The molecule has 0 spiro atoms. The zero-order valence-electron chi connectivity index (χ0n) is 8.11. The summed E-state index contributed by atoms with van der Waals surface area (Å²) in [5, 5.41) is 1.98. The molecule has 5 heteroatoms. The highest BCUT2D eigenvalue weighted by Gasteiger charge is 2.13. The van der Waals surface area contributed by atoms with Gasteiger partial charge in [-0.2, -0.15) is 0 Å². The van der Waals surface area contributed by atoms with Crippen LogP contribution in [0.2, 0.25) is 0 Å². The molecule has 0 bridgehead atoms. The minimum absolute atomic E-state index is 0.606. The molecular weight excluding hydrogens is 288 g/mol. The first-order valence-electron chi connectivity index (χ1n) is 4.64. The quantitative estimate of drug-likeness (QED) is 0.693. The zero-order valence-corrected chi connectivity index (χ0v) is 10.5. The number of thiophene rings is 1. The number of halogens is 1. The highest BCUT2D eigenvalue weighted by molar-refractivity contribution is 9.10. The second kappa shape index (κ2) is 3.61. The first-order chi connectivity index (χ1) is 7.75. The monoisotopic (exact) mass is 294 g/mol. The third-order valence-corrected chi connectivity index (χ3v) is 4.09. The summed E-state index contributed by atoms with van der Waals surface area (Å²) in [6, 6.07) is 7.51. The van der Waals surface area contributed by atoms with Crippen molar-refractivity contribution in [1.29, 1.82) is 0 Å². The van der Waals surface area contributed by atoms with Gasteiger partial charge in [-0.15, -0.1) is 11.3 Å². The molecule has 0 saturated carbocycles. The largest absolute Gasteiger partial charge is 0.435 e. The molecule has 2 heterocycles. The van der Waals surface area contributed by atoms with Gasteiger partial charge in [-0.1, -0.05) is 6.07 Å². The molecule has 0 unspecified atom stereocenters. The van der Waals surface area contributed by atoms with Crippen LogP contribution in [0.25, 0.3) is 21.9 Å². The molecule has 3 aromatic rings. The van der Waals surface area contributed by atoms with Gasteiger partial charge in [-0.3, -0.25) is 0 Å². The number of hydrogen-bond donors (Lipinski definition) is 1. The Hall–Kier alpha value is -1.33. The fourth-order valence-electron chi connectivity index (χ4n) is 1.51. The van der Waals surface area contributed by atoms with Gasteiger partial charge in [0.25, 0.3) is 0 Å². The number of hydrogen-bond acceptors (Lipinski definition) is 4. The average Bonchev–Trinajstić information content (AvgIpc) is 2.84. The number of aromatic nitrogens is 1. The fraction of sp³-hybridized carbons (Fsp3) is 0. The van der Waals surface area contributed by atoms with Crippen LogP contribution in [-0.2, 0) is 0 Å². The van der Waals surface area contributed by atoms with E-state index in [1.807, 2.05) is 29.6 Å². The Morgan fingerprint density at radius 3 is 2.88 bits per heavy atom. The van der Waals surface area contributed by atoms with Crippen LogP contribution in [0.3, 0.4) is 0 Å². The van der Waals surface area contributed by atoms with Gasteiger partial charge in [-0.05, 0) is 39.5 Å². The number of nitrogen functional groups attached to an aromatic ring is 1. The Morgan fingerprint density at radius 1 is 1.31 bits per heavy atom. The summed E-state index contributed by atoms with van der Waals surface area (Å²) < 4.78 is 6.65. The number of oxazole rings is 1. The number of anilines is 1. The normalized spacial score (nSPS) is 11.1. The SMILES string of the molecule is Nc1cccc2oc(-c3sccc3Br)nc12. The maximum Gasteiger partial charge on any atom is 0.238 e. The van der Waals surface area contributed by atoms with Gasteiger partial charge >= 0.3 is 0 Å². The van der Waals surface area contributed by atoms with Crippen LogP contribution in [0.5, 0.6) is 0 Å². The molecule has 0 aliphatic rings. The molecule has 0 aliphatic heterocycles. The molecule has 3 rings (SSSR count). The van der Waals surface area contributed by atoms with E-state index in [1.54, 1.807) is 11.3 Å². The maximum atomic E-state index is 5.83. The zero-order chi connectivity index (χ0) is 11.1. The van der Waals surface area contributed by atoms with Crippen LogP contribution in [-0.4, -0.2) is 4.98 Å². The number of rotatable bonds is 1. The van der Waals surface area contributed by atoms with Crippen LogP contribution in [0, 0.1) is 0 Å². The van der Waals surface area contributed by atoms with Gasteiger partial charge in [0.1, 0.15) is 10.4 Å². The van der Waals surface area contributed by atoms with Crippen molar-refractivity contribution in [3.8, 4) is 10.8 Å². The van der Waals surface area contributed by atoms with E-state index in [2.05, 4.69) is 20.9 Å². The van der Waals surface area contributed by atoms with Gasteiger partial charge in [0.15, 0.2) is 5.58 Å². The molecule has 3 nitrogen and oxygen atoms in total. The lowest BCUT2D eigenvalue weighted by atomic mass is 10.3. The van der Waals surface area contributed by atoms with Crippen molar-refractivity contribution in [3.63, 3.8) is 0 Å². The lowest BCUT2D eigenvalue weighted by molar-refractivity contribution is 0.621. The average molecular weight is 295 g/mol. The molecular formula is C11H7BrN2OS. The standard InChI is InChI=1S/C11H7BrN2OS/c12-6-4-5-16-10(6)11-14-9-7(13)2-1-3-8(9)15-11/h1-5H,13H2. The molecule has 0 saturated heterocycles. The Morgan fingerprint density at radius 2 is 2.19 bits per heavy atom. The first-order valence-corrected chi connectivity index (χ1v) is 6.31. The van der Waals surface area contributed by atoms with Crippen LogP contribution < -0.4 is 5.73 Å². The van der Waals surface area contributed by atoms with Crippen LogP contribution >= 0.6 is 27.3 Å². The van der Waals surface area contributed by atoms with Crippen molar-refractivity contribution in [2.24, 2.45) is 0 Å². The minimum Gasteiger partial charge on any atom is -0.435 e. The summed E-state index contributed by atoms with van der Waals surface area (Å²) in [6.45, 7) is 0. The summed E-state index contributed by atoms with van der Waals surface area (Å²) >= 11 is 5.04. The predicted octanol–water partition coefficient (Wildman–Crippen LogP) is 3.90. The van der Waals surface area contributed by atoms with Crippen molar-refractivity contribution in [2.45, 2.75) is 0 Å². The fourth-order valence-corrected chi connectivity index (χ4v) is 2.98. The van der Waals surface area contributed by atoms with E-state index in [0.717, 1.165) is 20.4 Å². The van der Waals surface area contributed by atoms with Crippen molar-refractivity contribution in [1.82, 2.24) is 4.98 Å². The molecule has 0 fully saturated rings. The van der Waals surface area contributed by atoms with Crippen molar-refractivity contribution in [3.05, 3.63) is 34.1 Å². The Labute approximate surface area is 104 Å². The van der Waals surface area contributed by atoms with Crippen LogP contribution in [0.1, 0.15) is 0 Å². The van der Waals surface area contributed by atoms with E-state index < -0.39 is 0 Å². The summed E-state index contributed by atoms with van der Waals surface area (Å²) in [4.78, 5) is 5.39. The lowest BCUT2D eigenvalue weighted by Gasteiger charge is -1.89. The van der Waals surface area contributed by atoms with Crippen molar-refractivity contribution in [2.75, 3.05) is 5.73 Å². The summed E-state index contributed by atoms with van der Waals surface area (Å²) in [6.07, 6.45) is 0. The Balaban J connectivity index is 2.27. The molecule has 2 aromatic heterocycles. The summed E-state index contributed by atoms with van der Waals surface area (Å²) in [5.74, 6) is 0.606. The van der Waals surface area contributed by atoms with Crippen LogP contribution in [0.4, 0.5) is 5.69 Å². The number of benzene rings is 1. The molecule has 0 radical (unpaired) electrons. The molecule has 0 amide bonds. The van der Waals surface area contributed by atoms with Gasteiger partial charge in [-0.25, -0.2) is 4.98 Å². The topological polar surface area (TPSA) is 52.0 Å². The number of fused-ring (bicyclic) bond motifs is 1. The summed E-state index contributed by atoms with van der Waals surface area (Å²) in [5.41, 5.74) is 7.91. The Kier molecular flexibility index (Phi) is 2.22. The minimum atomic E-state index is 0.606. The van der Waals surface area contributed by atoms with E-state index in [0.29, 0.717) is 11.6 Å². The third-order valence-electron chi connectivity index (χ3n) is 2.26. The predicted molar refractivity (Wildman–Crippen MR) is 69.4 cm³/mol. The highest BCUT2D eigenvalue weighted by atomic mass is 79.9. The van der Waals surface area contributed by atoms with Crippen molar-refractivity contribution >= 4 is 44.1 Å². The highest BCUT2D eigenvalue weighted by Crippen LogP contribution is 2.35. The molecule has 0 atom stereocenters. The lowest BCUT2D eigenvalue weighted by Crippen LogP contribution is -1.84. The first kappa shape index (κ1) is 9.86. The summed E-state index contributed by atoms with van der Waals surface area (Å²) in [7, 11) is 0. The van der Waals surface area contributed by atoms with Gasteiger partial charge in [0.2, 0.25) is 5.89 Å². The van der Waals surface area contributed by atoms with E-state index >= 15 is 0 Å².